The van der Waals surface area contributed by atoms with E-state index in [9.17, 15) is 14.7 Å². The first-order valence-electron chi connectivity index (χ1n) is 10.4. The van der Waals surface area contributed by atoms with Gasteiger partial charge in [0.05, 0.1) is 10.9 Å². The Morgan fingerprint density at radius 2 is 2.10 bits per heavy atom. The monoisotopic (exact) mass is 431 g/mol. The Morgan fingerprint density at radius 3 is 2.68 bits per heavy atom. The number of hydrogen-bond donors (Lipinski definition) is 2. The summed E-state index contributed by atoms with van der Waals surface area (Å²) < 4.78 is 39.0. The van der Waals surface area contributed by atoms with Crippen molar-refractivity contribution >= 4 is 28.6 Å². The molecule has 1 aromatic carbocycles. The predicted molar refractivity (Wildman–Crippen MR) is 112 cm³/mol. The Bertz CT molecular complexity index is 1190. The van der Waals surface area contributed by atoms with Crippen LogP contribution in [0.2, 0.25) is 0 Å². The number of carbonyl (C=O) groups is 1. The lowest BCUT2D eigenvalue weighted by molar-refractivity contribution is 0.0126. The van der Waals surface area contributed by atoms with Crippen molar-refractivity contribution in [1.29, 1.82) is 0 Å². The van der Waals surface area contributed by atoms with Gasteiger partial charge in [0, 0.05) is 50.0 Å². The quantitative estimate of drug-likeness (QED) is 0.755. The first kappa shape index (κ1) is 20.1. The fourth-order valence-corrected chi connectivity index (χ4v) is 5.15. The third-order valence-corrected chi connectivity index (χ3v) is 6.90. The highest BCUT2D eigenvalue weighted by molar-refractivity contribution is 5.98. The van der Waals surface area contributed by atoms with Gasteiger partial charge in [0.25, 0.3) is 0 Å². The third kappa shape index (κ3) is 2.76. The van der Waals surface area contributed by atoms with Gasteiger partial charge in [-0.15, -0.1) is 0 Å². The van der Waals surface area contributed by atoms with Crippen molar-refractivity contribution in [2.24, 2.45) is 11.7 Å². The van der Waals surface area contributed by atoms with Crippen molar-refractivity contribution in [2.45, 2.75) is 30.9 Å². The average molecular weight is 431 g/mol. The molecule has 3 fully saturated rings. The minimum absolute atomic E-state index is 0.0548. The third-order valence-electron chi connectivity index (χ3n) is 6.90. The van der Waals surface area contributed by atoms with Crippen LogP contribution in [0.15, 0.2) is 17.6 Å². The average Bonchev–Trinajstić information content (AvgIpc) is 3.40. The molecule has 1 aromatic heterocycles. The second-order valence-corrected chi connectivity index (χ2v) is 8.62. The Labute approximate surface area is 176 Å². The highest BCUT2D eigenvalue weighted by atomic mass is 19.1. The number of nitrogens with two attached hydrogens (primary N) is 1. The number of halogens is 2. The molecule has 9 heteroatoms. The molecule has 3 aliphatic rings. The zero-order valence-corrected chi connectivity index (χ0v) is 16.9. The molecule has 0 bridgehead atoms. The van der Waals surface area contributed by atoms with E-state index in [4.69, 9.17) is 10.5 Å². The molecule has 2 aromatic rings. The van der Waals surface area contributed by atoms with Crippen LogP contribution < -0.4 is 16.1 Å². The number of pyridine rings is 1. The largest absolute Gasteiger partial charge is 0.477 e. The van der Waals surface area contributed by atoms with Crippen LogP contribution >= 0.6 is 0 Å². The molecule has 2 unspecified atom stereocenters. The van der Waals surface area contributed by atoms with Crippen LogP contribution in [0, 0.1) is 17.6 Å². The highest BCUT2D eigenvalue weighted by Crippen LogP contribution is 2.45. The van der Waals surface area contributed by atoms with Crippen molar-refractivity contribution in [2.75, 3.05) is 31.1 Å². The molecule has 164 valence electrons. The molecule has 3 heterocycles. The van der Waals surface area contributed by atoms with Crippen LogP contribution in [-0.4, -0.2) is 47.5 Å². The fraction of sp³-hybridized carbons (Fsp3) is 0.455. The standard InChI is InChI=1S/C22H23F2N3O4/c1-2-13-15-18(27(12-3-4-12)8-14(20(15)28)21(29)30)17(24)19(16(13)23)26-7-11-5-6-31-22(11,9-25)10-26/h2,8,11-12H,1,3-7,9-10,25H2,(H,29,30). The fourth-order valence-electron chi connectivity index (χ4n) is 5.15. The maximum absolute atomic E-state index is 16.0. The van der Waals surface area contributed by atoms with Gasteiger partial charge in [0.15, 0.2) is 11.6 Å². The Kier molecular flexibility index (Phi) is 4.46. The molecule has 2 aliphatic heterocycles. The van der Waals surface area contributed by atoms with Gasteiger partial charge in [-0.2, -0.15) is 0 Å². The molecular formula is C22H23F2N3O4. The minimum Gasteiger partial charge on any atom is -0.477 e. The van der Waals surface area contributed by atoms with E-state index in [-0.39, 0.29) is 47.2 Å². The summed E-state index contributed by atoms with van der Waals surface area (Å²) in [5.74, 6) is -3.17. The van der Waals surface area contributed by atoms with Gasteiger partial charge in [-0.1, -0.05) is 12.7 Å². The summed E-state index contributed by atoms with van der Waals surface area (Å²) in [5, 5.41) is 9.18. The van der Waals surface area contributed by atoms with Crippen molar-refractivity contribution in [3.63, 3.8) is 0 Å². The SMILES string of the molecule is C=Cc1c(F)c(N2CC3CCOC3(CN)C2)c(F)c2c1c(=O)c(C(=O)O)cn2C1CC1. The molecule has 2 saturated heterocycles. The van der Waals surface area contributed by atoms with Crippen LogP contribution in [0.5, 0.6) is 0 Å². The summed E-state index contributed by atoms with van der Waals surface area (Å²) in [6.45, 7) is 5.04. The molecule has 5 rings (SSSR count). The molecule has 2 atom stereocenters. The van der Waals surface area contributed by atoms with E-state index in [1.807, 2.05) is 0 Å². The van der Waals surface area contributed by atoms with Gasteiger partial charge < -0.3 is 25.0 Å². The van der Waals surface area contributed by atoms with Crippen LogP contribution in [0.25, 0.3) is 17.0 Å². The smallest absolute Gasteiger partial charge is 0.341 e. The van der Waals surface area contributed by atoms with Gasteiger partial charge in [0.2, 0.25) is 5.43 Å². The lowest BCUT2D eigenvalue weighted by atomic mass is 9.91. The number of aromatic nitrogens is 1. The van der Waals surface area contributed by atoms with Crippen LogP contribution in [-0.2, 0) is 4.74 Å². The zero-order valence-electron chi connectivity index (χ0n) is 16.9. The highest BCUT2D eigenvalue weighted by Gasteiger charge is 2.51. The second-order valence-electron chi connectivity index (χ2n) is 8.62. The number of benzene rings is 1. The first-order valence-corrected chi connectivity index (χ1v) is 10.4. The summed E-state index contributed by atoms with van der Waals surface area (Å²) in [7, 11) is 0. The molecule has 0 radical (unpaired) electrons. The molecule has 1 aliphatic carbocycles. The first-order chi connectivity index (χ1) is 14.8. The minimum atomic E-state index is -1.43. The van der Waals surface area contributed by atoms with Crippen LogP contribution in [0.3, 0.4) is 0 Å². The Morgan fingerprint density at radius 1 is 1.35 bits per heavy atom. The van der Waals surface area contributed by atoms with Crippen LogP contribution in [0.1, 0.15) is 41.2 Å². The molecule has 1 saturated carbocycles. The molecule has 0 spiro atoms. The van der Waals surface area contributed by atoms with Gasteiger partial charge >= 0.3 is 5.97 Å². The zero-order chi connectivity index (χ0) is 22.1. The normalized spacial score (nSPS) is 25.3. The van der Waals surface area contributed by atoms with E-state index in [1.165, 1.54) is 10.8 Å². The van der Waals surface area contributed by atoms with Crippen molar-refractivity contribution in [3.8, 4) is 0 Å². The molecule has 3 N–H and O–H groups in total. The van der Waals surface area contributed by atoms with Gasteiger partial charge in [-0.3, -0.25) is 4.79 Å². The van der Waals surface area contributed by atoms with E-state index in [1.54, 1.807) is 4.90 Å². The summed E-state index contributed by atoms with van der Waals surface area (Å²) in [6.07, 6.45) is 4.53. The van der Waals surface area contributed by atoms with E-state index in [0.29, 0.717) is 13.2 Å². The van der Waals surface area contributed by atoms with E-state index < -0.39 is 34.2 Å². The topological polar surface area (TPSA) is 97.8 Å². The predicted octanol–water partition coefficient (Wildman–Crippen LogP) is 2.51. The number of rotatable bonds is 5. The van der Waals surface area contributed by atoms with E-state index >= 15 is 8.78 Å². The molecule has 31 heavy (non-hydrogen) atoms. The number of carboxylic acid groups (broad SMARTS) is 1. The van der Waals surface area contributed by atoms with Gasteiger partial charge in [0.1, 0.15) is 16.9 Å². The summed E-state index contributed by atoms with van der Waals surface area (Å²) >= 11 is 0. The maximum Gasteiger partial charge on any atom is 0.341 e. The number of ether oxygens (including phenoxy) is 1. The van der Waals surface area contributed by atoms with E-state index in [2.05, 4.69) is 6.58 Å². The number of hydrogen-bond acceptors (Lipinski definition) is 5. The molecule has 0 amide bonds. The summed E-state index contributed by atoms with van der Waals surface area (Å²) in [4.78, 5) is 26.1. The van der Waals surface area contributed by atoms with Gasteiger partial charge in [-0.25, -0.2) is 13.6 Å². The van der Waals surface area contributed by atoms with Crippen molar-refractivity contribution < 1.29 is 23.4 Å². The number of carboxylic acids is 1. The summed E-state index contributed by atoms with van der Waals surface area (Å²) in [6, 6.07) is -0.136. The number of aromatic carboxylic acids is 1. The number of nitrogens with zero attached hydrogens (tertiary/aromatic N) is 2. The van der Waals surface area contributed by atoms with Crippen LogP contribution in [0.4, 0.5) is 14.5 Å². The Balaban J connectivity index is 1.80. The second kappa shape index (κ2) is 6.86. The number of fused-ring (bicyclic) bond motifs is 2. The summed E-state index contributed by atoms with van der Waals surface area (Å²) in [5.41, 5.74) is 3.36. The van der Waals surface area contributed by atoms with Crippen molar-refractivity contribution in [1.82, 2.24) is 4.57 Å². The van der Waals surface area contributed by atoms with E-state index in [0.717, 1.165) is 25.3 Å². The van der Waals surface area contributed by atoms with Crippen molar-refractivity contribution in [3.05, 3.63) is 45.8 Å². The van der Waals surface area contributed by atoms with Gasteiger partial charge in [-0.05, 0) is 19.3 Å². The lowest BCUT2D eigenvalue weighted by Gasteiger charge is -2.28. The maximum atomic E-state index is 16.0. The molecular weight excluding hydrogens is 408 g/mol. The molecule has 7 nitrogen and oxygen atoms in total. The Hall–Kier alpha value is -2.78. The number of anilines is 1. The lowest BCUT2D eigenvalue weighted by Crippen LogP contribution is -2.44.